The van der Waals surface area contributed by atoms with Crippen molar-refractivity contribution in [1.29, 1.82) is 10.5 Å². The highest BCUT2D eigenvalue weighted by molar-refractivity contribution is 9.10. The van der Waals surface area contributed by atoms with Crippen LogP contribution in [-0.4, -0.2) is 31.1 Å². The summed E-state index contributed by atoms with van der Waals surface area (Å²) in [4.78, 5) is 4.81. The highest BCUT2D eigenvalue weighted by Crippen LogP contribution is 2.34. The van der Waals surface area contributed by atoms with Crippen LogP contribution in [0.15, 0.2) is 71.2 Å². The summed E-state index contributed by atoms with van der Waals surface area (Å²) in [7, 11) is 0. The van der Waals surface area contributed by atoms with Crippen LogP contribution in [-0.2, 0) is 6.42 Å². The van der Waals surface area contributed by atoms with Crippen LogP contribution in [0.4, 0.5) is 5.69 Å². The van der Waals surface area contributed by atoms with Crippen LogP contribution in [0.5, 0.6) is 0 Å². The predicted molar refractivity (Wildman–Crippen MR) is 132 cm³/mol. The van der Waals surface area contributed by atoms with E-state index < -0.39 is 0 Å². The van der Waals surface area contributed by atoms with Crippen molar-refractivity contribution in [3.63, 3.8) is 0 Å². The van der Waals surface area contributed by atoms with E-state index in [9.17, 15) is 5.26 Å². The summed E-state index contributed by atoms with van der Waals surface area (Å²) < 4.78 is 0.905. The normalized spacial score (nSPS) is 16.4. The summed E-state index contributed by atoms with van der Waals surface area (Å²) in [5.41, 5.74) is 4.73. The van der Waals surface area contributed by atoms with Gasteiger partial charge in [0, 0.05) is 35.7 Å². The van der Waals surface area contributed by atoms with Gasteiger partial charge >= 0.3 is 0 Å². The number of rotatable bonds is 5. The maximum atomic E-state index is 9.72. The lowest BCUT2D eigenvalue weighted by Crippen LogP contribution is -2.49. The first-order valence-corrected chi connectivity index (χ1v) is 11.7. The molecule has 3 aromatic carbocycles. The molecule has 0 N–H and O–H groups in total. The average Bonchev–Trinajstić information content (AvgIpc) is 2.83. The number of anilines is 1. The number of hydrogen-bond acceptors (Lipinski definition) is 4. The molecule has 1 heterocycles. The van der Waals surface area contributed by atoms with Crippen LogP contribution in [0.3, 0.4) is 0 Å². The van der Waals surface area contributed by atoms with Gasteiger partial charge in [-0.25, -0.2) is 0 Å². The smallest absolute Gasteiger partial charge is 0.101 e. The summed E-state index contributed by atoms with van der Waals surface area (Å²) in [5.74, 6) is 0. The fraction of sp³-hybridized carbons (Fsp3) is 0.231. The zero-order chi connectivity index (χ0) is 22.5. The number of hydrogen-bond donors (Lipinski definition) is 0. The van der Waals surface area contributed by atoms with Crippen LogP contribution < -0.4 is 4.90 Å². The minimum atomic E-state index is 0.121. The molecule has 160 valence electrons. The zero-order valence-corrected chi connectivity index (χ0v) is 19.9. The van der Waals surface area contributed by atoms with Gasteiger partial charge in [0.2, 0.25) is 0 Å². The molecule has 1 aliphatic heterocycles. The Balaban J connectivity index is 1.56. The number of piperazine rings is 1. The van der Waals surface area contributed by atoms with E-state index in [1.807, 2.05) is 54.6 Å². The molecule has 32 heavy (non-hydrogen) atoms. The van der Waals surface area contributed by atoms with E-state index in [2.05, 4.69) is 50.0 Å². The average molecular weight is 506 g/mol. The van der Waals surface area contributed by atoms with Crippen LogP contribution >= 0.6 is 27.5 Å². The molecule has 0 amide bonds. The third-order valence-corrected chi connectivity index (χ3v) is 6.65. The molecule has 3 aromatic rings. The van der Waals surface area contributed by atoms with Gasteiger partial charge in [-0.15, -0.1) is 0 Å². The molecular formula is C26H22BrClN4. The molecule has 1 unspecified atom stereocenters. The molecule has 1 fully saturated rings. The van der Waals surface area contributed by atoms with E-state index in [1.54, 1.807) is 0 Å². The van der Waals surface area contributed by atoms with E-state index >= 15 is 0 Å². The molecule has 0 aliphatic carbocycles. The van der Waals surface area contributed by atoms with Crippen LogP contribution in [0.1, 0.15) is 28.3 Å². The Morgan fingerprint density at radius 3 is 2.38 bits per heavy atom. The summed E-state index contributed by atoms with van der Waals surface area (Å²) in [5, 5.41) is 19.4. The Morgan fingerprint density at radius 2 is 1.69 bits per heavy atom. The summed E-state index contributed by atoms with van der Waals surface area (Å²) in [6.45, 7) is 3.55. The van der Waals surface area contributed by atoms with Crippen molar-refractivity contribution in [3.8, 4) is 12.1 Å². The number of nitriles is 2. The van der Waals surface area contributed by atoms with Gasteiger partial charge in [0.1, 0.15) is 6.07 Å². The summed E-state index contributed by atoms with van der Waals surface area (Å²) in [6, 6.07) is 26.4. The first-order chi connectivity index (χ1) is 15.6. The summed E-state index contributed by atoms with van der Waals surface area (Å²) >= 11 is 9.62. The summed E-state index contributed by atoms with van der Waals surface area (Å²) in [6.07, 6.45) is 0.931. The third kappa shape index (κ3) is 5.14. The Morgan fingerprint density at radius 1 is 0.938 bits per heavy atom. The standard InChI is InChI=1S/C26H22BrClN4/c27-23-7-10-25(22(15-23)17-30)32-14-13-31(12-11-19-1-3-20(16-29)4-2-19)18-26(32)21-5-8-24(28)9-6-21/h1-10,15,26H,11-14,18H2. The molecule has 0 aromatic heterocycles. The van der Waals surface area contributed by atoms with E-state index in [1.165, 1.54) is 11.1 Å². The number of nitrogens with zero attached hydrogens (tertiary/aromatic N) is 4. The maximum Gasteiger partial charge on any atom is 0.101 e. The Labute approximate surface area is 202 Å². The minimum absolute atomic E-state index is 0.121. The van der Waals surface area contributed by atoms with Gasteiger partial charge in [-0.1, -0.05) is 51.8 Å². The third-order valence-electron chi connectivity index (χ3n) is 5.91. The van der Waals surface area contributed by atoms with Crippen molar-refractivity contribution >= 4 is 33.2 Å². The lowest BCUT2D eigenvalue weighted by molar-refractivity contribution is 0.226. The second-order valence-electron chi connectivity index (χ2n) is 7.89. The topological polar surface area (TPSA) is 54.1 Å². The first-order valence-electron chi connectivity index (χ1n) is 10.5. The molecule has 0 saturated carbocycles. The Kier molecular flexibility index (Phi) is 7.12. The molecule has 6 heteroatoms. The quantitative estimate of drug-likeness (QED) is 0.430. The Hall–Kier alpha value is -2.83. The first kappa shape index (κ1) is 22.4. The van der Waals surface area contributed by atoms with Crippen LogP contribution in [0, 0.1) is 22.7 Å². The second kappa shape index (κ2) is 10.2. The van der Waals surface area contributed by atoms with Gasteiger partial charge in [-0.05, 0) is 60.0 Å². The van der Waals surface area contributed by atoms with Crippen molar-refractivity contribution in [1.82, 2.24) is 4.90 Å². The molecule has 0 radical (unpaired) electrons. The molecular weight excluding hydrogens is 484 g/mol. The van der Waals surface area contributed by atoms with Crippen molar-refractivity contribution in [2.75, 3.05) is 31.1 Å². The van der Waals surface area contributed by atoms with Crippen LogP contribution in [0.2, 0.25) is 5.02 Å². The van der Waals surface area contributed by atoms with Gasteiger partial charge in [0.15, 0.2) is 0 Å². The monoisotopic (exact) mass is 504 g/mol. The van der Waals surface area contributed by atoms with Gasteiger partial charge in [-0.3, -0.25) is 4.90 Å². The molecule has 1 aliphatic rings. The van der Waals surface area contributed by atoms with E-state index in [-0.39, 0.29) is 6.04 Å². The second-order valence-corrected chi connectivity index (χ2v) is 9.25. The molecule has 1 atom stereocenters. The van der Waals surface area contributed by atoms with Gasteiger partial charge in [0.05, 0.1) is 28.9 Å². The van der Waals surface area contributed by atoms with E-state index in [4.69, 9.17) is 16.9 Å². The highest BCUT2D eigenvalue weighted by atomic mass is 79.9. The number of benzene rings is 3. The van der Waals surface area contributed by atoms with E-state index in [0.29, 0.717) is 11.1 Å². The van der Waals surface area contributed by atoms with Gasteiger partial charge in [0.25, 0.3) is 0 Å². The van der Waals surface area contributed by atoms with E-state index in [0.717, 1.165) is 47.8 Å². The molecule has 0 bridgehead atoms. The molecule has 1 saturated heterocycles. The lowest BCUT2D eigenvalue weighted by atomic mass is 9.99. The largest absolute Gasteiger partial charge is 0.361 e. The minimum Gasteiger partial charge on any atom is -0.361 e. The van der Waals surface area contributed by atoms with Crippen molar-refractivity contribution in [2.45, 2.75) is 12.5 Å². The number of halogens is 2. The SMILES string of the molecule is N#Cc1ccc(CCN2CCN(c3ccc(Br)cc3C#N)C(c3ccc(Cl)cc3)C2)cc1. The van der Waals surface area contributed by atoms with Gasteiger partial charge in [-0.2, -0.15) is 10.5 Å². The maximum absolute atomic E-state index is 9.72. The lowest BCUT2D eigenvalue weighted by Gasteiger charge is -2.43. The van der Waals surface area contributed by atoms with Crippen molar-refractivity contribution < 1.29 is 0 Å². The van der Waals surface area contributed by atoms with Gasteiger partial charge < -0.3 is 4.90 Å². The Bertz CT molecular complexity index is 1160. The predicted octanol–water partition coefficient (Wildman–Crippen LogP) is 5.95. The van der Waals surface area contributed by atoms with Crippen LogP contribution in [0.25, 0.3) is 0 Å². The fourth-order valence-corrected chi connectivity index (χ4v) is 4.67. The fourth-order valence-electron chi connectivity index (χ4n) is 4.18. The van der Waals surface area contributed by atoms with Crippen molar-refractivity contribution in [2.24, 2.45) is 0 Å². The molecule has 4 nitrogen and oxygen atoms in total. The highest BCUT2D eigenvalue weighted by Gasteiger charge is 2.29. The molecule has 4 rings (SSSR count). The van der Waals surface area contributed by atoms with Crippen molar-refractivity contribution in [3.05, 3.63) is 98.5 Å². The zero-order valence-electron chi connectivity index (χ0n) is 17.5. The molecule has 0 spiro atoms.